The number of nitrogens with zero attached hydrogens (tertiary/aromatic N) is 3. The molecule has 2 heterocycles. The van der Waals surface area contributed by atoms with Crippen LogP contribution in [0.4, 0.5) is 5.82 Å². The SMILES string of the molecule is O=C(O)Cc1cccc(CNc2cc(-n3ccnc3)c3ccc(Cl)c(Cl)c3n2)c1. The van der Waals surface area contributed by atoms with Crippen molar-refractivity contribution in [3.63, 3.8) is 0 Å². The molecule has 0 saturated heterocycles. The molecule has 0 bridgehead atoms. The van der Waals surface area contributed by atoms with Crippen LogP contribution in [0.25, 0.3) is 16.6 Å². The highest BCUT2D eigenvalue weighted by Crippen LogP contribution is 2.34. The Morgan fingerprint density at radius 1 is 1.14 bits per heavy atom. The summed E-state index contributed by atoms with van der Waals surface area (Å²) in [5, 5.41) is 13.9. The number of aliphatic carboxylic acids is 1. The molecule has 6 nitrogen and oxygen atoms in total. The van der Waals surface area contributed by atoms with Crippen molar-refractivity contribution in [2.24, 2.45) is 0 Å². The summed E-state index contributed by atoms with van der Waals surface area (Å²) in [7, 11) is 0. The van der Waals surface area contributed by atoms with Gasteiger partial charge >= 0.3 is 5.97 Å². The second-order valence-corrected chi connectivity index (χ2v) is 7.28. The van der Waals surface area contributed by atoms with E-state index in [0.29, 0.717) is 27.9 Å². The number of carboxylic acids is 1. The zero-order chi connectivity index (χ0) is 20.4. The monoisotopic (exact) mass is 426 g/mol. The van der Waals surface area contributed by atoms with Gasteiger partial charge in [0.1, 0.15) is 5.82 Å². The van der Waals surface area contributed by atoms with E-state index in [1.54, 1.807) is 24.7 Å². The van der Waals surface area contributed by atoms with Crippen LogP contribution in [0.5, 0.6) is 0 Å². The van der Waals surface area contributed by atoms with E-state index in [1.807, 2.05) is 41.1 Å². The summed E-state index contributed by atoms with van der Waals surface area (Å²) in [4.78, 5) is 19.7. The third-order valence-corrected chi connectivity index (χ3v) is 5.25. The van der Waals surface area contributed by atoms with E-state index < -0.39 is 5.97 Å². The van der Waals surface area contributed by atoms with Crippen molar-refractivity contribution < 1.29 is 9.90 Å². The zero-order valence-electron chi connectivity index (χ0n) is 15.1. The number of anilines is 1. The number of pyridine rings is 1. The first-order valence-electron chi connectivity index (χ1n) is 8.82. The first kappa shape index (κ1) is 19.2. The van der Waals surface area contributed by atoms with E-state index >= 15 is 0 Å². The van der Waals surface area contributed by atoms with Crippen molar-refractivity contribution in [3.8, 4) is 5.69 Å². The molecule has 0 unspecified atom stereocenters. The molecule has 0 fully saturated rings. The van der Waals surface area contributed by atoms with Gasteiger partial charge in [0, 0.05) is 30.4 Å². The van der Waals surface area contributed by atoms with Gasteiger partial charge < -0.3 is 15.0 Å². The number of carboxylic acid groups (broad SMARTS) is 1. The number of carbonyl (C=O) groups is 1. The van der Waals surface area contributed by atoms with Crippen LogP contribution < -0.4 is 5.32 Å². The third kappa shape index (κ3) is 4.18. The molecule has 0 aliphatic heterocycles. The summed E-state index contributed by atoms with van der Waals surface area (Å²) < 4.78 is 1.88. The minimum atomic E-state index is -0.859. The van der Waals surface area contributed by atoms with Crippen LogP contribution in [0, 0.1) is 0 Å². The Morgan fingerprint density at radius 3 is 2.72 bits per heavy atom. The van der Waals surface area contributed by atoms with Gasteiger partial charge in [-0.15, -0.1) is 0 Å². The molecule has 0 spiro atoms. The van der Waals surface area contributed by atoms with Crippen LogP contribution in [-0.4, -0.2) is 25.6 Å². The minimum absolute atomic E-state index is 0.0129. The topological polar surface area (TPSA) is 80.0 Å². The summed E-state index contributed by atoms with van der Waals surface area (Å²) in [6, 6.07) is 13.0. The van der Waals surface area contributed by atoms with Gasteiger partial charge in [-0.1, -0.05) is 47.5 Å². The zero-order valence-corrected chi connectivity index (χ0v) is 16.7. The fourth-order valence-corrected chi connectivity index (χ4v) is 3.50. The highest BCUT2D eigenvalue weighted by molar-refractivity contribution is 6.45. The van der Waals surface area contributed by atoms with Gasteiger partial charge in [0.15, 0.2) is 0 Å². The number of imidazole rings is 1. The second-order valence-electron chi connectivity index (χ2n) is 6.50. The van der Waals surface area contributed by atoms with E-state index in [2.05, 4.69) is 15.3 Å². The number of aromatic nitrogens is 3. The maximum atomic E-state index is 10.9. The largest absolute Gasteiger partial charge is 0.481 e. The Labute approximate surface area is 176 Å². The van der Waals surface area contributed by atoms with Crippen LogP contribution >= 0.6 is 23.2 Å². The van der Waals surface area contributed by atoms with Gasteiger partial charge in [-0.3, -0.25) is 4.79 Å². The molecule has 0 saturated carbocycles. The second kappa shape index (κ2) is 8.11. The molecule has 4 aromatic rings. The van der Waals surface area contributed by atoms with Gasteiger partial charge in [-0.25, -0.2) is 9.97 Å². The summed E-state index contributed by atoms with van der Waals surface area (Å²) in [6.45, 7) is 0.480. The van der Waals surface area contributed by atoms with Crippen molar-refractivity contribution in [1.82, 2.24) is 14.5 Å². The lowest BCUT2D eigenvalue weighted by atomic mass is 10.1. The Kier molecular flexibility index (Phi) is 5.38. The van der Waals surface area contributed by atoms with Crippen molar-refractivity contribution >= 4 is 45.9 Å². The van der Waals surface area contributed by atoms with Crippen molar-refractivity contribution in [1.29, 1.82) is 0 Å². The molecule has 0 radical (unpaired) electrons. The smallest absolute Gasteiger partial charge is 0.307 e. The molecule has 8 heteroatoms. The van der Waals surface area contributed by atoms with Gasteiger partial charge in [-0.05, 0) is 23.3 Å². The van der Waals surface area contributed by atoms with Gasteiger partial charge in [0.05, 0.1) is 34.0 Å². The molecule has 0 atom stereocenters. The fourth-order valence-electron chi connectivity index (χ4n) is 3.14. The summed E-state index contributed by atoms with van der Waals surface area (Å²) in [5.74, 6) is -0.239. The molecule has 29 heavy (non-hydrogen) atoms. The van der Waals surface area contributed by atoms with E-state index in [4.69, 9.17) is 28.3 Å². The molecular weight excluding hydrogens is 411 g/mol. The Hall–Kier alpha value is -3.09. The molecule has 146 valence electrons. The predicted octanol–water partition coefficient (Wildman–Crippen LogP) is 4.97. The lowest BCUT2D eigenvalue weighted by Gasteiger charge is -2.13. The maximum Gasteiger partial charge on any atom is 0.307 e. The third-order valence-electron chi connectivity index (χ3n) is 4.45. The summed E-state index contributed by atoms with van der Waals surface area (Å²) in [6.07, 6.45) is 5.23. The lowest BCUT2D eigenvalue weighted by molar-refractivity contribution is -0.136. The number of hydrogen-bond donors (Lipinski definition) is 2. The Balaban J connectivity index is 1.69. The van der Waals surface area contributed by atoms with Gasteiger partial charge in [0.2, 0.25) is 0 Å². The quantitative estimate of drug-likeness (QED) is 0.454. The first-order valence-corrected chi connectivity index (χ1v) is 9.57. The average Bonchev–Trinajstić information content (AvgIpc) is 3.23. The minimum Gasteiger partial charge on any atom is -0.481 e. The summed E-state index contributed by atoms with van der Waals surface area (Å²) in [5.41, 5.74) is 3.16. The molecule has 2 aromatic heterocycles. The van der Waals surface area contributed by atoms with Gasteiger partial charge in [-0.2, -0.15) is 0 Å². The van der Waals surface area contributed by atoms with Gasteiger partial charge in [0.25, 0.3) is 0 Å². The first-order chi connectivity index (χ1) is 14.0. The number of nitrogens with one attached hydrogen (secondary N) is 1. The number of hydrogen-bond acceptors (Lipinski definition) is 4. The number of benzene rings is 2. The van der Waals surface area contributed by atoms with E-state index in [0.717, 1.165) is 22.2 Å². The van der Waals surface area contributed by atoms with E-state index in [-0.39, 0.29) is 6.42 Å². The van der Waals surface area contributed by atoms with Crippen molar-refractivity contribution in [3.05, 3.63) is 82.4 Å². The number of fused-ring (bicyclic) bond motifs is 1. The van der Waals surface area contributed by atoms with Crippen molar-refractivity contribution in [2.75, 3.05) is 5.32 Å². The maximum absolute atomic E-state index is 10.9. The fraction of sp³-hybridized carbons (Fsp3) is 0.0952. The molecular formula is C21H16Cl2N4O2. The van der Waals surface area contributed by atoms with Crippen LogP contribution in [0.3, 0.4) is 0 Å². The lowest BCUT2D eigenvalue weighted by Crippen LogP contribution is -2.05. The van der Waals surface area contributed by atoms with E-state index in [9.17, 15) is 4.79 Å². The van der Waals surface area contributed by atoms with Crippen LogP contribution in [-0.2, 0) is 17.8 Å². The highest BCUT2D eigenvalue weighted by atomic mass is 35.5. The number of halogens is 2. The highest BCUT2D eigenvalue weighted by Gasteiger charge is 2.13. The van der Waals surface area contributed by atoms with E-state index in [1.165, 1.54) is 0 Å². The van der Waals surface area contributed by atoms with Crippen LogP contribution in [0.2, 0.25) is 10.0 Å². The average molecular weight is 427 g/mol. The molecule has 0 amide bonds. The molecule has 4 rings (SSSR count). The Bertz CT molecular complexity index is 1190. The van der Waals surface area contributed by atoms with Crippen LogP contribution in [0.1, 0.15) is 11.1 Å². The standard InChI is InChI=1S/C21H16Cl2N4O2/c22-16-5-4-15-17(27-7-6-24-12-27)10-18(26-21(15)20(16)23)25-11-14-3-1-2-13(8-14)9-19(28)29/h1-8,10,12H,9,11H2,(H,25,26)(H,28,29). The normalized spacial score (nSPS) is 11.0. The summed E-state index contributed by atoms with van der Waals surface area (Å²) >= 11 is 12.6. The molecule has 2 N–H and O–H groups in total. The molecule has 2 aromatic carbocycles. The number of rotatable bonds is 6. The predicted molar refractivity (Wildman–Crippen MR) is 114 cm³/mol. The molecule has 0 aliphatic carbocycles. The Morgan fingerprint density at radius 2 is 1.97 bits per heavy atom. The van der Waals surface area contributed by atoms with Crippen LogP contribution in [0.15, 0.2) is 61.2 Å². The van der Waals surface area contributed by atoms with Crippen molar-refractivity contribution in [2.45, 2.75) is 13.0 Å². The molecule has 0 aliphatic rings.